The Hall–Kier alpha value is -1.56. The predicted molar refractivity (Wildman–Crippen MR) is 68.0 cm³/mol. The van der Waals surface area contributed by atoms with Crippen molar-refractivity contribution in [3.8, 4) is 0 Å². The maximum atomic E-state index is 5.58. The minimum Gasteiger partial charge on any atom is -0.379 e. The van der Waals surface area contributed by atoms with E-state index < -0.39 is 0 Å². The second-order valence-electron chi connectivity index (χ2n) is 4.19. The number of hydrogen-bond acceptors (Lipinski definition) is 6. The summed E-state index contributed by atoms with van der Waals surface area (Å²) in [5.74, 6) is 2.50. The van der Waals surface area contributed by atoms with Crippen LogP contribution in [-0.4, -0.2) is 36.8 Å². The molecule has 6 heteroatoms. The van der Waals surface area contributed by atoms with E-state index in [-0.39, 0.29) is 5.95 Å². The van der Waals surface area contributed by atoms with Crippen LogP contribution in [-0.2, 0) is 4.74 Å². The van der Waals surface area contributed by atoms with Gasteiger partial charge in [-0.15, -0.1) is 0 Å². The Balaban J connectivity index is 1.71. The van der Waals surface area contributed by atoms with Crippen LogP contribution in [0, 0.1) is 5.92 Å². The van der Waals surface area contributed by atoms with Crippen LogP contribution in [0.2, 0.25) is 0 Å². The molecule has 2 rings (SSSR count). The lowest BCUT2D eigenvalue weighted by Crippen LogP contribution is -2.12. The largest absolute Gasteiger partial charge is 0.379 e. The Morgan fingerprint density at radius 2 is 2.18 bits per heavy atom. The SMILES string of the molecule is CNc1cc(NCCOCC2CC2)nc(N)n1. The highest BCUT2D eigenvalue weighted by Crippen LogP contribution is 2.28. The van der Waals surface area contributed by atoms with Crippen LogP contribution in [0.5, 0.6) is 0 Å². The average molecular weight is 237 g/mol. The lowest BCUT2D eigenvalue weighted by atomic mass is 10.5. The highest BCUT2D eigenvalue weighted by molar-refractivity contribution is 5.50. The van der Waals surface area contributed by atoms with E-state index in [1.165, 1.54) is 12.8 Å². The van der Waals surface area contributed by atoms with Crippen molar-refractivity contribution >= 4 is 17.6 Å². The van der Waals surface area contributed by atoms with Crippen molar-refractivity contribution in [2.75, 3.05) is 43.2 Å². The maximum Gasteiger partial charge on any atom is 0.223 e. The summed E-state index contributed by atoms with van der Waals surface area (Å²) in [7, 11) is 1.80. The Labute approximate surface area is 101 Å². The van der Waals surface area contributed by atoms with Gasteiger partial charge < -0.3 is 21.1 Å². The fraction of sp³-hybridized carbons (Fsp3) is 0.636. The summed E-state index contributed by atoms with van der Waals surface area (Å²) in [5, 5.41) is 6.09. The van der Waals surface area contributed by atoms with E-state index in [1.54, 1.807) is 7.05 Å². The molecular weight excluding hydrogens is 218 g/mol. The van der Waals surface area contributed by atoms with E-state index in [4.69, 9.17) is 10.5 Å². The Morgan fingerprint density at radius 3 is 2.88 bits per heavy atom. The van der Waals surface area contributed by atoms with Crippen LogP contribution < -0.4 is 16.4 Å². The first-order valence-electron chi connectivity index (χ1n) is 5.92. The molecule has 0 aliphatic heterocycles. The van der Waals surface area contributed by atoms with Crippen LogP contribution in [0.3, 0.4) is 0 Å². The normalized spacial score (nSPS) is 14.6. The van der Waals surface area contributed by atoms with Gasteiger partial charge in [0.2, 0.25) is 5.95 Å². The van der Waals surface area contributed by atoms with E-state index >= 15 is 0 Å². The molecule has 0 saturated heterocycles. The third-order valence-electron chi connectivity index (χ3n) is 2.60. The first kappa shape index (κ1) is 11.9. The van der Waals surface area contributed by atoms with Crippen molar-refractivity contribution in [2.24, 2.45) is 5.92 Å². The summed E-state index contributed by atoms with van der Waals surface area (Å²) in [6.45, 7) is 2.30. The van der Waals surface area contributed by atoms with Gasteiger partial charge in [-0.1, -0.05) is 0 Å². The first-order valence-corrected chi connectivity index (χ1v) is 5.92. The van der Waals surface area contributed by atoms with Gasteiger partial charge in [-0.3, -0.25) is 0 Å². The Morgan fingerprint density at radius 1 is 1.41 bits per heavy atom. The third-order valence-corrected chi connectivity index (χ3v) is 2.60. The van der Waals surface area contributed by atoms with Gasteiger partial charge in [0.1, 0.15) is 11.6 Å². The number of hydrogen-bond donors (Lipinski definition) is 3. The molecule has 94 valence electrons. The fourth-order valence-corrected chi connectivity index (χ4v) is 1.47. The molecule has 0 atom stereocenters. The lowest BCUT2D eigenvalue weighted by Gasteiger charge is -2.08. The zero-order valence-electron chi connectivity index (χ0n) is 10.1. The molecule has 1 aliphatic carbocycles. The molecule has 4 N–H and O–H groups in total. The fourth-order valence-electron chi connectivity index (χ4n) is 1.47. The van der Waals surface area contributed by atoms with Gasteiger partial charge >= 0.3 is 0 Å². The monoisotopic (exact) mass is 237 g/mol. The standard InChI is InChI=1S/C11H19N5O/c1-13-9-6-10(16-11(12)15-9)14-4-5-17-7-8-2-3-8/h6,8H,2-5,7H2,1H3,(H4,12,13,14,15,16). The first-order chi connectivity index (χ1) is 8.28. The average Bonchev–Trinajstić information content (AvgIpc) is 3.12. The number of nitrogens with two attached hydrogens (primary N) is 1. The number of nitrogens with one attached hydrogen (secondary N) is 2. The summed E-state index contributed by atoms with van der Waals surface area (Å²) in [4.78, 5) is 8.10. The molecule has 1 saturated carbocycles. The van der Waals surface area contributed by atoms with Crippen molar-refractivity contribution in [1.29, 1.82) is 0 Å². The smallest absolute Gasteiger partial charge is 0.223 e. The topological polar surface area (TPSA) is 85.1 Å². The minimum absolute atomic E-state index is 0.262. The molecule has 0 unspecified atom stereocenters. The Kier molecular flexibility index (Phi) is 3.98. The molecule has 0 spiro atoms. The Bertz CT molecular complexity index is 367. The summed E-state index contributed by atoms with van der Waals surface area (Å²) in [6.07, 6.45) is 2.64. The van der Waals surface area contributed by atoms with Gasteiger partial charge in [0.25, 0.3) is 0 Å². The molecule has 0 amide bonds. The van der Waals surface area contributed by atoms with Crippen LogP contribution in [0.15, 0.2) is 6.07 Å². The van der Waals surface area contributed by atoms with E-state index in [1.807, 2.05) is 6.07 Å². The van der Waals surface area contributed by atoms with Gasteiger partial charge in [-0.2, -0.15) is 9.97 Å². The van der Waals surface area contributed by atoms with Crippen LogP contribution in [0.4, 0.5) is 17.6 Å². The van der Waals surface area contributed by atoms with Crippen molar-refractivity contribution < 1.29 is 4.74 Å². The quantitative estimate of drug-likeness (QED) is 0.612. The number of nitrogens with zero attached hydrogens (tertiary/aromatic N) is 2. The van der Waals surface area contributed by atoms with Gasteiger partial charge in [0.15, 0.2) is 0 Å². The number of ether oxygens (including phenoxy) is 1. The molecule has 17 heavy (non-hydrogen) atoms. The molecule has 1 fully saturated rings. The highest BCUT2D eigenvalue weighted by Gasteiger charge is 2.20. The third kappa shape index (κ3) is 4.07. The van der Waals surface area contributed by atoms with E-state index in [2.05, 4.69) is 20.6 Å². The van der Waals surface area contributed by atoms with Crippen LogP contribution in [0.1, 0.15) is 12.8 Å². The zero-order valence-corrected chi connectivity index (χ0v) is 10.1. The summed E-state index contributed by atoms with van der Waals surface area (Å²) >= 11 is 0. The van der Waals surface area contributed by atoms with E-state index in [0.717, 1.165) is 24.9 Å². The van der Waals surface area contributed by atoms with E-state index in [0.29, 0.717) is 12.4 Å². The molecule has 0 radical (unpaired) electrons. The second kappa shape index (κ2) is 5.67. The molecule has 6 nitrogen and oxygen atoms in total. The number of aromatic nitrogens is 2. The molecule has 1 aliphatic rings. The van der Waals surface area contributed by atoms with E-state index in [9.17, 15) is 0 Å². The number of rotatable bonds is 7. The van der Waals surface area contributed by atoms with Crippen molar-refractivity contribution in [1.82, 2.24) is 9.97 Å². The summed E-state index contributed by atoms with van der Waals surface area (Å²) in [5.41, 5.74) is 5.58. The van der Waals surface area contributed by atoms with Crippen molar-refractivity contribution in [3.63, 3.8) is 0 Å². The summed E-state index contributed by atoms with van der Waals surface area (Å²) in [6, 6.07) is 1.82. The lowest BCUT2D eigenvalue weighted by molar-refractivity contribution is 0.134. The predicted octanol–water partition coefficient (Wildman–Crippen LogP) is 0.939. The molecular formula is C11H19N5O. The van der Waals surface area contributed by atoms with Crippen molar-refractivity contribution in [2.45, 2.75) is 12.8 Å². The number of anilines is 3. The highest BCUT2D eigenvalue weighted by atomic mass is 16.5. The molecule has 0 bridgehead atoms. The van der Waals surface area contributed by atoms with Crippen LogP contribution >= 0.6 is 0 Å². The van der Waals surface area contributed by atoms with Gasteiger partial charge in [-0.05, 0) is 18.8 Å². The van der Waals surface area contributed by atoms with Gasteiger partial charge in [0, 0.05) is 26.3 Å². The summed E-state index contributed by atoms with van der Waals surface area (Å²) < 4.78 is 5.51. The molecule has 1 aromatic heterocycles. The van der Waals surface area contributed by atoms with Crippen LogP contribution in [0.25, 0.3) is 0 Å². The number of nitrogen functional groups attached to an aromatic ring is 1. The zero-order chi connectivity index (χ0) is 12.1. The molecule has 1 heterocycles. The van der Waals surface area contributed by atoms with Crippen molar-refractivity contribution in [3.05, 3.63) is 6.07 Å². The van der Waals surface area contributed by atoms with Gasteiger partial charge in [-0.25, -0.2) is 0 Å². The van der Waals surface area contributed by atoms with Gasteiger partial charge in [0.05, 0.1) is 6.61 Å². The molecule has 1 aromatic rings. The minimum atomic E-state index is 0.262. The maximum absolute atomic E-state index is 5.58. The second-order valence-corrected chi connectivity index (χ2v) is 4.19. The molecule has 0 aromatic carbocycles.